The molecule has 0 aliphatic heterocycles. The van der Waals surface area contributed by atoms with E-state index in [0.717, 1.165) is 17.7 Å². The Labute approximate surface area is 93.1 Å². The van der Waals surface area contributed by atoms with E-state index in [1.165, 1.54) is 12.1 Å². The zero-order chi connectivity index (χ0) is 10.8. The first-order chi connectivity index (χ1) is 6.45. The van der Waals surface area contributed by atoms with Gasteiger partial charge in [0.25, 0.3) is 0 Å². The second kappa shape index (κ2) is 5.37. The van der Waals surface area contributed by atoms with Gasteiger partial charge in [0.2, 0.25) is 0 Å². The molecule has 0 aromatic heterocycles. The zero-order valence-corrected chi connectivity index (χ0v) is 9.25. The molecule has 0 saturated heterocycles. The predicted octanol–water partition coefficient (Wildman–Crippen LogP) is 3.41. The summed E-state index contributed by atoms with van der Waals surface area (Å²) in [6.45, 7) is 1.89. The van der Waals surface area contributed by atoms with E-state index in [9.17, 15) is 13.2 Å². The smallest absolute Gasteiger partial charge is 0.313 e. The summed E-state index contributed by atoms with van der Waals surface area (Å²) in [5, 5.41) is 2.96. The lowest BCUT2D eigenvalue weighted by Gasteiger charge is -2.12. The molecule has 0 fully saturated rings. The average Bonchev–Trinajstić information content (AvgIpc) is 2.15. The van der Waals surface area contributed by atoms with Gasteiger partial charge in [-0.05, 0) is 31.7 Å². The number of halogens is 4. The van der Waals surface area contributed by atoms with Crippen molar-refractivity contribution in [3.8, 4) is 0 Å². The van der Waals surface area contributed by atoms with Crippen LogP contribution in [0.3, 0.4) is 0 Å². The van der Waals surface area contributed by atoms with Gasteiger partial charge in [0, 0.05) is 6.04 Å². The van der Waals surface area contributed by atoms with Crippen molar-refractivity contribution in [1.29, 1.82) is 0 Å². The number of alkyl halides is 3. The molecule has 1 rings (SSSR count). The van der Waals surface area contributed by atoms with Crippen LogP contribution in [0.2, 0.25) is 0 Å². The molecule has 1 aromatic carbocycles. The molecule has 0 amide bonds. The lowest BCUT2D eigenvalue weighted by atomic mass is 10.1. The van der Waals surface area contributed by atoms with Crippen LogP contribution >= 0.6 is 12.4 Å². The van der Waals surface area contributed by atoms with E-state index in [2.05, 4.69) is 5.32 Å². The molecule has 0 bridgehead atoms. The van der Waals surface area contributed by atoms with Gasteiger partial charge in [0.05, 0.1) is 5.56 Å². The number of hydrogen-bond acceptors (Lipinski definition) is 1. The van der Waals surface area contributed by atoms with E-state index in [1.807, 2.05) is 6.92 Å². The zero-order valence-electron chi connectivity index (χ0n) is 8.43. The summed E-state index contributed by atoms with van der Waals surface area (Å²) < 4.78 is 36.6. The van der Waals surface area contributed by atoms with Crippen molar-refractivity contribution in [3.63, 3.8) is 0 Å². The molecular weight excluding hydrogens is 227 g/mol. The molecule has 0 heterocycles. The van der Waals surface area contributed by atoms with Crippen molar-refractivity contribution in [2.24, 2.45) is 0 Å². The summed E-state index contributed by atoms with van der Waals surface area (Å²) >= 11 is 0. The summed E-state index contributed by atoms with van der Waals surface area (Å²) in [6, 6.07) is 5.25. The van der Waals surface area contributed by atoms with E-state index >= 15 is 0 Å². The van der Waals surface area contributed by atoms with Gasteiger partial charge >= 0.3 is 6.18 Å². The van der Waals surface area contributed by atoms with Crippen LogP contribution in [0.1, 0.15) is 24.1 Å². The van der Waals surface area contributed by atoms with E-state index in [1.54, 1.807) is 7.05 Å². The third kappa shape index (κ3) is 3.72. The van der Waals surface area contributed by atoms with Crippen molar-refractivity contribution >= 4 is 12.4 Å². The second-order valence-electron chi connectivity index (χ2n) is 3.13. The Kier molecular flexibility index (Phi) is 5.11. The SMILES string of the molecule is CNC(C)c1ccc(C(F)(F)F)cc1.Cl. The standard InChI is InChI=1S/C10H12F3N.ClH/c1-7(14-2)8-3-5-9(6-4-8)10(11,12)13;/h3-7,14H,1-2H3;1H. The van der Waals surface area contributed by atoms with Crippen LogP contribution < -0.4 is 5.32 Å². The Morgan fingerprint density at radius 2 is 1.60 bits per heavy atom. The summed E-state index contributed by atoms with van der Waals surface area (Å²) in [6.07, 6.45) is -4.25. The fraction of sp³-hybridized carbons (Fsp3) is 0.400. The monoisotopic (exact) mass is 239 g/mol. The van der Waals surface area contributed by atoms with E-state index in [4.69, 9.17) is 0 Å². The lowest BCUT2D eigenvalue weighted by Crippen LogP contribution is -2.12. The minimum atomic E-state index is -4.25. The number of hydrogen-bond donors (Lipinski definition) is 1. The quantitative estimate of drug-likeness (QED) is 0.834. The van der Waals surface area contributed by atoms with Crippen LogP contribution in [0.25, 0.3) is 0 Å². The van der Waals surface area contributed by atoms with Gasteiger partial charge in [-0.1, -0.05) is 12.1 Å². The fourth-order valence-corrected chi connectivity index (χ4v) is 1.13. The molecule has 0 radical (unpaired) electrons. The maximum absolute atomic E-state index is 12.2. The molecule has 86 valence electrons. The van der Waals surface area contributed by atoms with E-state index < -0.39 is 11.7 Å². The van der Waals surface area contributed by atoms with Crippen LogP contribution in [-0.4, -0.2) is 7.05 Å². The third-order valence-corrected chi connectivity index (χ3v) is 2.17. The van der Waals surface area contributed by atoms with Gasteiger partial charge in [0.15, 0.2) is 0 Å². The highest BCUT2D eigenvalue weighted by Gasteiger charge is 2.29. The Morgan fingerprint density at radius 1 is 1.13 bits per heavy atom. The Morgan fingerprint density at radius 3 is 1.93 bits per heavy atom. The van der Waals surface area contributed by atoms with Gasteiger partial charge in [0.1, 0.15) is 0 Å². The van der Waals surface area contributed by atoms with Gasteiger partial charge in [-0.3, -0.25) is 0 Å². The van der Waals surface area contributed by atoms with Gasteiger partial charge in [-0.2, -0.15) is 13.2 Å². The molecule has 1 nitrogen and oxygen atoms in total. The Hall–Kier alpha value is -0.740. The van der Waals surface area contributed by atoms with Crippen LogP contribution in [0.4, 0.5) is 13.2 Å². The Balaban J connectivity index is 0.00000196. The molecule has 0 spiro atoms. The van der Waals surface area contributed by atoms with Gasteiger partial charge in [-0.15, -0.1) is 12.4 Å². The molecule has 0 aliphatic carbocycles. The molecule has 1 N–H and O–H groups in total. The predicted molar refractivity (Wildman–Crippen MR) is 56.2 cm³/mol. The molecule has 1 aromatic rings. The summed E-state index contributed by atoms with van der Waals surface area (Å²) in [5.74, 6) is 0. The largest absolute Gasteiger partial charge is 0.416 e. The summed E-state index contributed by atoms with van der Waals surface area (Å²) in [7, 11) is 1.77. The van der Waals surface area contributed by atoms with Crippen LogP contribution in [0, 0.1) is 0 Å². The van der Waals surface area contributed by atoms with Crippen molar-refractivity contribution in [3.05, 3.63) is 35.4 Å². The van der Waals surface area contributed by atoms with Crippen molar-refractivity contribution in [2.45, 2.75) is 19.1 Å². The molecule has 1 atom stereocenters. The minimum Gasteiger partial charge on any atom is -0.313 e. The highest BCUT2D eigenvalue weighted by Crippen LogP contribution is 2.29. The number of rotatable bonds is 2. The van der Waals surface area contributed by atoms with Crippen molar-refractivity contribution in [2.75, 3.05) is 7.05 Å². The van der Waals surface area contributed by atoms with Crippen LogP contribution in [-0.2, 0) is 6.18 Å². The molecule has 0 aliphatic rings. The number of benzene rings is 1. The normalized spacial score (nSPS) is 13.1. The minimum absolute atomic E-state index is 0. The second-order valence-corrected chi connectivity index (χ2v) is 3.13. The van der Waals surface area contributed by atoms with Crippen LogP contribution in [0.5, 0.6) is 0 Å². The third-order valence-electron chi connectivity index (χ3n) is 2.17. The molecular formula is C10H13ClF3N. The van der Waals surface area contributed by atoms with Gasteiger partial charge in [-0.25, -0.2) is 0 Å². The Bertz CT molecular complexity index is 295. The summed E-state index contributed by atoms with van der Waals surface area (Å²) in [5.41, 5.74) is 0.241. The van der Waals surface area contributed by atoms with E-state index in [-0.39, 0.29) is 18.4 Å². The highest BCUT2D eigenvalue weighted by atomic mass is 35.5. The first kappa shape index (κ1) is 14.3. The van der Waals surface area contributed by atoms with Crippen LogP contribution in [0.15, 0.2) is 24.3 Å². The summed E-state index contributed by atoms with van der Waals surface area (Å²) in [4.78, 5) is 0. The molecule has 0 saturated carbocycles. The number of nitrogens with one attached hydrogen (secondary N) is 1. The van der Waals surface area contributed by atoms with E-state index in [0.29, 0.717) is 0 Å². The lowest BCUT2D eigenvalue weighted by molar-refractivity contribution is -0.137. The first-order valence-corrected chi connectivity index (χ1v) is 4.29. The van der Waals surface area contributed by atoms with Gasteiger partial charge < -0.3 is 5.32 Å². The topological polar surface area (TPSA) is 12.0 Å². The van der Waals surface area contributed by atoms with Crippen molar-refractivity contribution < 1.29 is 13.2 Å². The highest BCUT2D eigenvalue weighted by molar-refractivity contribution is 5.85. The van der Waals surface area contributed by atoms with Crippen molar-refractivity contribution in [1.82, 2.24) is 5.32 Å². The first-order valence-electron chi connectivity index (χ1n) is 4.29. The molecule has 15 heavy (non-hydrogen) atoms. The maximum Gasteiger partial charge on any atom is 0.416 e. The fourth-order valence-electron chi connectivity index (χ4n) is 1.13. The molecule has 1 unspecified atom stereocenters. The molecule has 5 heteroatoms. The maximum atomic E-state index is 12.2. The average molecular weight is 240 g/mol.